The summed E-state index contributed by atoms with van der Waals surface area (Å²) in [4.78, 5) is 28.8. The Kier molecular flexibility index (Phi) is 5.41. The number of anilines is 1. The second-order valence-corrected chi connectivity index (χ2v) is 6.94. The lowest BCUT2D eigenvalue weighted by Crippen LogP contribution is -2.27. The molecule has 0 saturated carbocycles. The van der Waals surface area contributed by atoms with Crippen molar-refractivity contribution in [2.45, 2.75) is 33.2 Å². The molecule has 3 aromatic rings. The number of amides is 1. The molecule has 3 rings (SSSR count). The number of hydrogen-bond donors (Lipinski definition) is 1. The second kappa shape index (κ2) is 7.75. The van der Waals surface area contributed by atoms with E-state index in [-0.39, 0.29) is 23.9 Å². The van der Waals surface area contributed by atoms with Crippen LogP contribution in [0.15, 0.2) is 45.8 Å². The summed E-state index contributed by atoms with van der Waals surface area (Å²) in [5.74, 6) is 0.670. The third kappa shape index (κ3) is 4.43. The summed E-state index contributed by atoms with van der Waals surface area (Å²) in [5, 5.41) is 7.20. The molecule has 0 aliphatic carbocycles. The van der Waals surface area contributed by atoms with E-state index in [0.29, 0.717) is 28.0 Å². The van der Waals surface area contributed by atoms with Crippen LogP contribution in [0, 0.1) is 6.92 Å². The molecular formula is C19H19ClN4O3. The molecule has 0 aliphatic heterocycles. The van der Waals surface area contributed by atoms with Gasteiger partial charge in [-0.25, -0.2) is 0 Å². The summed E-state index contributed by atoms with van der Waals surface area (Å²) in [5.41, 5.74) is 1.75. The maximum Gasteiger partial charge on any atom is 0.259 e. The third-order valence-corrected chi connectivity index (χ3v) is 4.21. The average Bonchev–Trinajstić information content (AvgIpc) is 3.10. The zero-order valence-corrected chi connectivity index (χ0v) is 15.9. The number of carbonyl (C=O) groups excluding carboxylic acids is 1. The van der Waals surface area contributed by atoms with Gasteiger partial charge in [0.25, 0.3) is 11.4 Å². The summed E-state index contributed by atoms with van der Waals surface area (Å²) in [6, 6.07) is 8.19. The van der Waals surface area contributed by atoms with Crippen molar-refractivity contribution >= 4 is 23.2 Å². The molecular weight excluding hydrogens is 368 g/mol. The standard InChI is InChI=1S/C19H19ClN4O3/c1-11(2)18-22-19(27-23-18)13-5-7-17(26)24(9-13)10-16(25)21-15-8-14(20)6-4-12(15)3/h4-9,11H,10H2,1-3H3,(H,21,25). The van der Waals surface area contributed by atoms with Crippen molar-refractivity contribution in [3.63, 3.8) is 0 Å². The van der Waals surface area contributed by atoms with E-state index in [9.17, 15) is 9.59 Å². The first-order valence-electron chi connectivity index (χ1n) is 8.44. The molecule has 1 N–H and O–H groups in total. The van der Waals surface area contributed by atoms with Crippen LogP contribution < -0.4 is 10.9 Å². The summed E-state index contributed by atoms with van der Waals surface area (Å²) >= 11 is 5.97. The van der Waals surface area contributed by atoms with Gasteiger partial charge in [0.1, 0.15) is 6.54 Å². The van der Waals surface area contributed by atoms with Crippen LogP contribution >= 0.6 is 11.6 Å². The van der Waals surface area contributed by atoms with Crippen LogP contribution in [-0.2, 0) is 11.3 Å². The van der Waals surface area contributed by atoms with Crippen molar-refractivity contribution < 1.29 is 9.32 Å². The Morgan fingerprint density at radius 1 is 1.30 bits per heavy atom. The van der Waals surface area contributed by atoms with Crippen molar-refractivity contribution in [2.24, 2.45) is 0 Å². The Hall–Kier alpha value is -2.93. The summed E-state index contributed by atoms with van der Waals surface area (Å²) in [6.07, 6.45) is 1.53. The third-order valence-electron chi connectivity index (χ3n) is 3.98. The molecule has 0 radical (unpaired) electrons. The number of aryl methyl sites for hydroxylation is 1. The number of hydrogen-bond acceptors (Lipinski definition) is 5. The van der Waals surface area contributed by atoms with Gasteiger partial charge in [-0.3, -0.25) is 9.59 Å². The molecule has 1 amide bonds. The Balaban J connectivity index is 1.81. The monoisotopic (exact) mass is 386 g/mol. The lowest BCUT2D eigenvalue weighted by Gasteiger charge is -2.10. The van der Waals surface area contributed by atoms with Crippen LogP contribution in [0.3, 0.4) is 0 Å². The van der Waals surface area contributed by atoms with Gasteiger partial charge in [-0.1, -0.05) is 36.7 Å². The fraction of sp³-hybridized carbons (Fsp3) is 0.263. The maximum atomic E-state index is 12.4. The van der Waals surface area contributed by atoms with Crippen LogP contribution in [0.25, 0.3) is 11.5 Å². The highest BCUT2D eigenvalue weighted by molar-refractivity contribution is 6.31. The second-order valence-electron chi connectivity index (χ2n) is 6.50. The molecule has 0 fully saturated rings. The highest BCUT2D eigenvalue weighted by Gasteiger charge is 2.14. The fourth-order valence-corrected chi connectivity index (χ4v) is 2.61. The molecule has 0 aliphatic rings. The number of pyridine rings is 1. The van der Waals surface area contributed by atoms with Gasteiger partial charge >= 0.3 is 0 Å². The van der Waals surface area contributed by atoms with Gasteiger partial charge < -0.3 is 14.4 Å². The Labute approximate surface area is 161 Å². The van der Waals surface area contributed by atoms with Crippen molar-refractivity contribution in [3.05, 3.63) is 63.3 Å². The first-order valence-corrected chi connectivity index (χ1v) is 8.82. The van der Waals surface area contributed by atoms with E-state index in [1.54, 1.807) is 18.2 Å². The average molecular weight is 387 g/mol. The van der Waals surface area contributed by atoms with Crippen LogP contribution in [0.1, 0.15) is 31.2 Å². The van der Waals surface area contributed by atoms with E-state index in [4.69, 9.17) is 16.1 Å². The van der Waals surface area contributed by atoms with Gasteiger partial charge in [0.15, 0.2) is 5.82 Å². The molecule has 0 saturated heterocycles. The predicted octanol–water partition coefficient (Wildman–Crippen LogP) is 3.62. The van der Waals surface area contributed by atoms with E-state index in [1.165, 1.54) is 16.8 Å². The fourth-order valence-electron chi connectivity index (χ4n) is 2.44. The number of rotatable bonds is 5. The number of benzene rings is 1. The van der Waals surface area contributed by atoms with Crippen molar-refractivity contribution in [1.29, 1.82) is 0 Å². The molecule has 27 heavy (non-hydrogen) atoms. The number of nitrogens with zero attached hydrogens (tertiary/aromatic N) is 3. The van der Waals surface area contributed by atoms with E-state index in [0.717, 1.165) is 5.56 Å². The molecule has 140 valence electrons. The largest absolute Gasteiger partial charge is 0.334 e. The van der Waals surface area contributed by atoms with Gasteiger partial charge in [-0.2, -0.15) is 4.98 Å². The molecule has 7 nitrogen and oxygen atoms in total. The van der Waals surface area contributed by atoms with E-state index in [2.05, 4.69) is 15.5 Å². The van der Waals surface area contributed by atoms with E-state index < -0.39 is 0 Å². The minimum Gasteiger partial charge on any atom is -0.334 e. The molecule has 0 atom stereocenters. The van der Waals surface area contributed by atoms with Gasteiger partial charge in [-0.05, 0) is 30.7 Å². The number of nitrogens with one attached hydrogen (secondary N) is 1. The van der Waals surface area contributed by atoms with E-state index >= 15 is 0 Å². The molecule has 2 heterocycles. The van der Waals surface area contributed by atoms with Crippen molar-refractivity contribution in [3.8, 4) is 11.5 Å². The highest BCUT2D eigenvalue weighted by Crippen LogP contribution is 2.21. The van der Waals surface area contributed by atoms with Crippen molar-refractivity contribution in [1.82, 2.24) is 14.7 Å². The number of carbonyl (C=O) groups is 1. The molecule has 2 aromatic heterocycles. The first kappa shape index (κ1) is 18.8. The summed E-state index contributed by atoms with van der Waals surface area (Å²) in [6.45, 7) is 5.62. The Morgan fingerprint density at radius 2 is 2.07 bits per heavy atom. The summed E-state index contributed by atoms with van der Waals surface area (Å²) in [7, 11) is 0. The van der Waals surface area contributed by atoms with Gasteiger partial charge in [0.2, 0.25) is 5.91 Å². The minimum absolute atomic E-state index is 0.125. The quantitative estimate of drug-likeness (QED) is 0.723. The topological polar surface area (TPSA) is 90.0 Å². The zero-order valence-electron chi connectivity index (χ0n) is 15.2. The zero-order chi connectivity index (χ0) is 19.6. The van der Waals surface area contributed by atoms with Crippen molar-refractivity contribution in [2.75, 3.05) is 5.32 Å². The first-order chi connectivity index (χ1) is 12.8. The SMILES string of the molecule is Cc1ccc(Cl)cc1NC(=O)Cn1cc(-c2nc(C(C)C)no2)ccc1=O. The van der Waals surface area contributed by atoms with Gasteiger partial charge in [0, 0.05) is 28.9 Å². The highest BCUT2D eigenvalue weighted by atomic mass is 35.5. The molecule has 1 aromatic carbocycles. The van der Waals surface area contributed by atoms with Gasteiger partial charge in [0.05, 0.1) is 5.56 Å². The number of halogens is 1. The Bertz CT molecular complexity index is 1040. The predicted molar refractivity (Wildman–Crippen MR) is 103 cm³/mol. The van der Waals surface area contributed by atoms with Gasteiger partial charge in [-0.15, -0.1) is 0 Å². The molecule has 0 bridgehead atoms. The minimum atomic E-state index is -0.340. The van der Waals surface area contributed by atoms with Crippen LogP contribution in [0.4, 0.5) is 5.69 Å². The van der Waals surface area contributed by atoms with Crippen LogP contribution in [-0.4, -0.2) is 20.6 Å². The van der Waals surface area contributed by atoms with E-state index in [1.807, 2.05) is 26.8 Å². The molecule has 8 heteroatoms. The number of aromatic nitrogens is 3. The molecule has 0 unspecified atom stereocenters. The normalized spacial score (nSPS) is 11.0. The lowest BCUT2D eigenvalue weighted by atomic mass is 10.2. The lowest BCUT2D eigenvalue weighted by molar-refractivity contribution is -0.116. The maximum absolute atomic E-state index is 12.4. The summed E-state index contributed by atoms with van der Waals surface area (Å²) < 4.78 is 6.54. The van der Waals surface area contributed by atoms with Crippen LogP contribution in [0.2, 0.25) is 5.02 Å². The Morgan fingerprint density at radius 3 is 2.78 bits per heavy atom. The van der Waals surface area contributed by atoms with Crippen LogP contribution in [0.5, 0.6) is 0 Å². The molecule has 0 spiro atoms. The smallest absolute Gasteiger partial charge is 0.259 e.